The number of ether oxygens (including phenoxy) is 1. The molecule has 0 bridgehead atoms. The maximum Gasteiger partial charge on any atom is 0.412 e. The van der Waals surface area contributed by atoms with Gasteiger partial charge in [-0.15, -0.1) is 0 Å². The molecule has 108 valence electrons. The van der Waals surface area contributed by atoms with Crippen LogP contribution < -0.4 is 11.1 Å². The number of nitrogens with two attached hydrogens (primary N) is 1. The largest absolute Gasteiger partial charge is 0.444 e. The smallest absolute Gasteiger partial charge is 0.412 e. The third-order valence-electron chi connectivity index (χ3n) is 1.90. The molecule has 0 aliphatic rings. The van der Waals surface area contributed by atoms with Gasteiger partial charge in [-0.05, 0) is 55.5 Å². The molecule has 1 aromatic rings. The van der Waals surface area contributed by atoms with Gasteiger partial charge in [0.1, 0.15) is 9.32 Å². The molecule has 0 atom stereocenters. The molecular formula is C13H17IN4O2. The molecule has 0 spiro atoms. The van der Waals surface area contributed by atoms with Crippen molar-refractivity contribution in [2.45, 2.75) is 26.4 Å². The van der Waals surface area contributed by atoms with Gasteiger partial charge in [-0.1, -0.05) is 0 Å². The lowest BCUT2D eigenvalue weighted by molar-refractivity contribution is 0.0549. The summed E-state index contributed by atoms with van der Waals surface area (Å²) in [5, 5.41) is 2.56. The summed E-state index contributed by atoms with van der Waals surface area (Å²) in [5.74, 6) is 0. The van der Waals surface area contributed by atoms with Crippen LogP contribution in [0.25, 0.3) is 0 Å². The lowest BCUT2D eigenvalue weighted by Crippen LogP contribution is -2.33. The number of aliphatic imine (C=N–C) groups is 1. The van der Waals surface area contributed by atoms with Gasteiger partial charge in [-0.2, -0.15) is 0 Å². The Morgan fingerprint density at radius 2 is 2.25 bits per heavy atom. The molecule has 3 N–H and O–H groups in total. The predicted octanol–water partition coefficient (Wildman–Crippen LogP) is 2.87. The molecular weight excluding hydrogens is 371 g/mol. The van der Waals surface area contributed by atoms with E-state index in [1.165, 1.54) is 6.20 Å². The first-order valence-corrected chi connectivity index (χ1v) is 6.96. The number of halogens is 1. The first-order valence-electron chi connectivity index (χ1n) is 5.88. The molecule has 7 heteroatoms. The van der Waals surface area contributed by atoms with Gasteiger partial charge in [-0.3, -0.25) is 10.3 Å². The van der Waals surface area contributed by atoms with Crippen LogP contribution in [0.5, 0.6) is 0 Å². The maximum absolute atomic E-state index is 11.7. The van der Waals surface area contributed by atoms with Crippen LogP contribution in [0.4, 0.5) is 10.5 Å². The number of alkyl carbamates (subject to hydrolysis) is 1. The van der Waals surface area contributed by atoms with Crippen LogP contribution in [0.1, 0.15) is 20.8 Å². The van der Waals surface area contributed by atoms with Crippen molar-refractivity contribution >= 4 is 38.1 Å². The third-order valence-corrected chi connectivity index (χ3v) is 2.72. The van der Waals surface area contributed by atoms with E-state index < -0.39 is 11.7 Å². The van der Waals surface area contributed by atoms with Crippen molar-refractivity contribution in [2.75, 3.05) is 0 Å². The van der Waals surface area contributed by atoms with E-state index in [2.05, 4.69) is 15.3 Å². The van der Waals surface area contributed by atoms with Crippen LogP contribution in [0.2, 0.25) is 0 Å². The first kappa shape index (κ1) is 16.4. The minimum absolute atomic E-state index is 0.378. The maximum atomic E-state index is 11.7. The van der Waals surface area contributed by atoms with Crippen LogP contribution >= 0.6 is 22.6 Å². The van der Waals surface area contributed by atoms with Gasteiger partial charge < -0.3 is 10.5 Å². The SMILES string of the molecule is CC(C)(C)OC(=O)NC(=CN)C(I)=Nc1cccnc1. The van der Waals surface area contributed by atoms with Crippen LogP contribution in [0.15, 0.2) is 41.4 Å². The molecule has 1 rings (SSSR count). The van der Waals surface area contributed by atoms with E-state index in [-0.39, 0.29) is 0 Å². The zero-order valence-corrected chi connectivity index (χ0v) is 13.7. The number of carbonyl (C=O) groups is 1. The summed E-state index contributed by atoms with van der Waals surface area (Å²) in [6, 6.07) is 3.57. The van der Waals surface area contributed by atoms with Crippen LogP contribution in [-0.2, 0) is 4.74 Å². The predicted molar refractivity (Wildman–Crippen MR) is 87.0 cm³/mol. The number of carbonyl (C=O) groups excluding carboxylic acids is 1. The molecule has 0 aromatic carbocycles. The average molecular weight is 388 g/mol. The van der Waals surface area contributed by atoms with E-state index in [1.54, 1.807) is 45.3 Å². The average Bonchev–Trinajstić information content (AvgIpc) is 2.35. The van der Waals surface area contributed by atoms with Gasteiger partial charge in [0, 0.05) is 12.4 Å². The van der Waals surface area contributed by atoms with Gasteiger partial charge in [0.05, 0.1) is 17.6 Å². The third kappa shape index (κ3) is 6.00. The number of nitrogens with zero attached hydrogens (tertiary/aromatic N) is 2. The fourth-order valence-corrected chi connectivity index (χ4v) is 1.76. The molecule has 0 saturated carbocycles. The number of nitrogens with one attached hydrogen (secondary N) is 1. The number of pyridine rings is 1. The molecule has 1 amide bonds. The first-order chi connectivity index (χ1) is 9.31. The van der Waals surface area contributed by atoms with Gasteiger partial charge in [0.2, 0.25) is 0 Å². The van der Waals surface area contributed by atoms with Crippen LogP contribution in [0, 0.1) is 0 Å². The molecule has 0 aliphatic carbocycles. The summed E-state index contributed by atoms with van der Waals surface area (Å²) >= 11 is 1.98. The highest BCUT2D eigenvalue weighted by Gasteiger charge is 2.17. The van der Waals surface area contributed by atoms with Crippen molar-refractivity contribution in [3.8, 4) is 0 Å². The quantitative estimate of drug-likeness (QED) is 0.616. The molecule has 0 radical (unpaired) electrons. The highest BCUT2D eigenvalue weighted by atomic mass is 127. The number of rotatable bonds is 3. The summed E-state index contributed by atoms with van der Waals surface area (Å²) in [6.45, 7) is 5.35. The topological polar surface area (TPSA) is 89.6 Å². The molecule has 0 aliphatic heterocycles. The summed E-state index contributed by atoms with van der Waals surface area (Å²) in [4.78, 5) is 19.9. The highest BCUT2D eigenvalue weighted by molar-refractivity contribution is 14.1. The number of amides is 1. The molecule has 1 aromatic heterocycles. The second-order valence-electron chi connectivity index (χ2n) is 4.82. The van der Waals surface area contributed by atoms with Gasteiger partial charge in [-0.25, -0.2) is 9.79 Å². The Hall–Kier alpha value is -1.64. The standard InChI is InChI=1S/C13H17IN4O2/c1-13(2,3)20-12(19)18-10(7-15)11(14)17-9-5-4-6-16-8-9/h4-8H,15H2,1-3H3,(H,18,19). The van der Waals surface area contributed by atoms with E-state index in [0.29, 0.717) is 15.1 Å². The van der Waals surface area contributed by atoms with E-state index in [9.17, 15) is 4.79 Å². The number of hydrogen-bond acceptors (Lipinski definition) is 5. The van der Waals surface area contributed by atoms with Crippen LogP contribution in [-0.4, -0.2) is 20.4 Å². The van der Waals surface area contributed by atoms with Crippen molar-refractivity contribution in [3.05, 3.63) is 36.4 Å². The lowest BCUT2D eigenvalue weighted by atomic mass is 10.2. The minimum Gasteiger partial charge on any atom is -0.444 e. The zero-order chi connectivity index (χ0) is 15.2. The second-order valence-corrected chi connectivity index (χ2v) is 5.84. The molecule has 1 heterocycles. The fourth-order valence-electron chi connectivity index (χ4n) is 1.17. The Bertz CT molecular complexity index is 521. The van der Waals surface area contributed by atoms with E-state index in [0.717, 1.165) is 0 Å². The number of allylic oxidation sites excluding steroid dienone is 1. The summed E-state index contributed by atoms with van der Waals surface area (Å²) in [7, 11) is 0. The molecule has 0 saturated heterocycles. The van der Waals surface area contributed by atoms with Gasteiger partial charge >= 0.3 is 6.09 Å². The minimum atomic E-state index is -0.579. The highest BCUT2D eigenvalue weighted by Crippen LogP contribution is 2.14. The Labute approximate surface area is 131 Å². The lowest BCUT2D eigenvalue weighted by Gasteiger charge is -2.20. The molecule has 0 fully saturated rings. The molecule has 20 heavy (non-hydrogen) atoms. The fraction of sp³-hybridized carbons (Fsp3) is 0.308. The van der Waals surface area contributed by atoms with E-state index in [1.807, 2.05) is 22.6 Å². The van der Waals surface area contributed by atoms with Crippen LogP contribution in [0.3, 0.4) is 0 Å². The Morgan fingerprint density at radius 3 is 2.75 bits per heavy atom. The van der Waals surface area contributed by atoms with E-state index in [4.69, 9.17) is 10.5 Å². The van der Waals surface area contributed by atoms with Crippen molar-refractivity contribution in [3.63, 3.8) is 0 Å². The van der Waals surface area contributed by atoms with Crippen molar-refractivity contribution in [1.29, 1.82) is 0 Å². The van der Waals surface area contributed by atoms with Gasteiger partial charge in [0.15, 0.2) is 0 Å². The molecule has 0 unspecified atom stereocenters. The Balaban J connectivity index is 2.77. The Morgan fingerprint density at radius 1 is 1.55 bits per heavy atom. The monoisotopic (exact) mass is 388 g/mol. The zero-order valence-electron chi connectivity index (χ0n) is 11.6. The molecule has 6 nitrogen and oxygen atoms in total. The summed E-state index contributed by atoms with van der Waals surface area (Å²) < 4.78 is 5.68. The van der Waals surface area contributed by atoms with E-state index >= 15 is 0 Å². The Kier molecular flexibility index (Phi) is 5.93. The second kappa shape index (κ2) is 7.22. The number of hydrogen-bond donors (Lipinski definition) is 2. The van der Waals surface area contributed by atoms with Crippen molar-refractivity contribution in [1.82, 2.24) is 10.3 Å². The van der Waals surface area contributed by atoms with Crippen molar-refractivity contribution < 1.29 is 9.53 Å². The summed E-state index contributed by atoms with van der Waals surface area (Å²) in [5.41, 5.74) is 5.98. The summed E-state index contributed by atoms with van der Waals surface area (Å²) in [6.07, 6.45) is 3.96. The number of aromatic nitrogens is 1. The van der Waals surface area contributed by atoms with Gasteiger partial charge in [0.25, 0.3) is 0 Å². The normalized spacial score (nSPS) is 13.0. The van der Waals surface area contributed by atoms with Crippen molar-refractivity contribution in [2.24, 2.45) is 10.7 Å².